The standard InChI is InChI=1S/C12H24N2O/c1-5-12(7-6-8-12)13-10(2)9-11(15)14(3)4/h10,13H,5-9H2,1-4H3. The predicted octanol–water partition coefficient (Wildman–Crippen LogP) is 1.78. The van der Waals surface area contributed by atoms with Crippen LogP contribution in [0.1, 0.15) is 46.0 Å². The second-order valence-electron chi connectivity index (χ2n) is 5.03. The largest absolute Gasteiger partial charge is 0.349 e. The lowest BCUT2D eigenvalue weighted by atomic mass is 9.74. The molecule has 1 unspecified atom stereocenters. The van der Waals surface area contributed by atoms with Crippen LogP contribution in [0.15, 0.2) is 0 Å². The lowest BCUT2D eigenvalue weighted by Crippen LogP contribution is -2.54. The molecule has 0 heterocycles. The van der Waals surface area contributed by atoms with Crippen LogP contribution in [0, 0.1) is 0 Å². The Morgan fingerprint density at radius 2 is 2.07 bits per heavy atom. The zero-order chi connectivity index (χ0) is 11.5. The minimum atomic E-state index is 0.209. The van der Waals surface area contributed by atoms with Crippen molar-refractivity contribution < 1.29 is 4.79 Å². The third-order valence-corrected chi connectivity index (χ3v) is 3.52. The van der Waals surface area contributed by atoms with Crippen LogP contribution >= 0.6 is 0 Å². The molecule has 0 aromatic rings. The SMILES string of the molecule is CCC1(NC(C)CC(=O)N(C)C)CCC1. The van der Waals surface area contributed by atoms with E-state index in [9.17, 15) is 4.79 Å². The van der Waals surface area contributed by atoms with Crippen LogP contribution in [0.3, 0.4) is 0 Å². The third kappa shape index (κ3) is 3.20. The highest BCUT2D eigenvalue weighted by atomic mass is 16.2. The van der Waals surface area contributed by atoms with Gasteiger partial charge in [-0.25, -0.2) is 0 Å². The average molecular weight is 212 g/mol. The fourth-order valence-corrected chi connectivity index (χ4v) is 2.22. The van der Waals surface area contributed by atoms with E-state index in [-0.39, 0.29) is 5.91 Å². The zero-order valence-electron chi connectivity index (χ0n) is 10.5. The summed E-state index contributed by atoms with van der Waals surface area (Å²) in [4.78, 5) is 13.2. The number of rotatable bonds is 5. The van der Waals surface area contributed by atoms with Crippen LogP contribution in [0.25, 0.3) is 0 Å². The van der Waals surface area contributed by atoms with E-state index in [1.807, 2.05) is 14.1 Å². The van der Waals surface area contributed by atoms with E-state index in [0.717, 1.165) is 0 Å². The fourth-order valence-electron chi connectivity index (χ4n) is 2.22. The molecule has 0 bridgehead atoms. The molecule has 1 aliphatic rings. The quantitative estimate of drug-likeness (QED) is 0.753. The lowest BCUT2D eigenvalue weighted by Gasteiger charge is -2.44. The van der Waals surface area contributed by atoms with E-state index in [2.05, 4.69) is 19.2 Å². The highest BCUT2D eigenvalue weighted by Gasteiger charge is 2.35. The summed E-state index contributed by atoms with van der Waals surface area (Å²) in [5.74, 6) is 0.209. The molecule has 0 aliphatic heterocycles. The lowest BCUT2D eigenvalue weighted by molar-refractivity contribution is -0.129. The van der Waals surface area contributed by atoms with Gasteiger partial charge >= 0.3 is 0 Å². The molecule has 0 spiro atoms. The summed E-state index contributed by atoms with van der Waals surface area (Å²) >= 11 is 0. The normalized spacial score (nSPS) is 20.5. The van der Waals surface area contributed by atoms with Crippen LogP contribution in [0.5, 0.6) is 0 Å². The number of nitrogens with zero attached hydrogens (tertiary/aromatic N) is 1. The molecular formula is C12H24N2O. The Morgan fingerprint density at radius 3 is 2.40 bits per heavy atom. The molecule has 1 amide bonds. The Labute approximate surface area is 93.2 Å². The smallest absolute Gasteiger partial charge is 0.223 e. The summed E-state index contributed by atoms with van der Waals surface area (Å²) in [7, 11) is 3.63. The molecule has 1 rings (SSSR count). The summed E-state index contributed by atoms with van der Waals surface area (Å²) in [5, 5.41) is 3.62. The Bertz CT molecular complexity index is 216. The summed E-state index contributed by atoms with van der Waals surface area (Å²) in [6.07, 6.45) is 5.64. The first-order valence-corrected chi connectivity index (χ1v) is 5.97. The topological polar surface area (TPSA) is 32.3 Å². The molecule has 1 saturated carbocycles. The van der Waals surface area contributed by atoms with Gasteiger partial charge in [-0.15, -0.1) is 0 Å². The van der Waals surface area contributed by atoms with Crippen molar-refractivity contribution in [1.29, 1.82) is 0 Å². The van der Waals surface area contributed by atoms with Crippen molar-refractivity contribution in [2.45, 2.75) is 57.5 Å². The molecule has 3 nitrogen and oxygen atoms in total. The molecule has 15 heavy (non-hydrogen) atoms. The maximum atomic E-state index is 11.5. The van der Waals surface area contributed by atoms with E-state index in [0.29, 0.717) is 18.0 Å². The minimum Gasteiger partial charge on any atom is -0.349 e. The van der Waals surface area contributed by atoms with E-state index in [4.69, 9.17) is 0 Å². The molecule has 1 fully saturated rings. The van der Waals surface area contributed by atoms with Gasteiger partial charge in [0.2, 0.25) is 5.91 Å². The predicted molar refractivity (Wildman–Crippen MR) is 62.8 cm³/mol. The minimum absolute atomic E-state index is 0.209. The summed E-state index contributed by atoms with van der Waals surface area (Å²) in [5.41, 5.74) is 0.339. The van der Waals surface area contributed by atoms with Crippen LogP contribution in [-0.4, -0.2) is 36.5 Å². The Hall–Kier alpha value is -0.570. The van der Waals surface area contributed by atoms with Crippen LogP contribution in [0.2, 0.25) is 0 Å². The van der Waals surface area contributed by atoms with Gasteiger partial charge in [-0.05, 0) is 32.6 Å². The number of carbonyl (C=O) groups is 1. The van der Waals surface area contributed by atoms with Gasteiger partial charge in [0.25, 0.3) is 0 Å². The van der Waals surface area contributed by atoms with Crippen LogP contribution < -0.4 is 5.32 Å². The molecule has 0 aromatic carbocycles. The van der Waals surface area contributed by atoms with Gasteiger partial charge in [0.05, 0.1) is 0 Å². The summed E-state index contributed by atoms with van der Waals surface area (Å²) in [6, 6.07) is 0.292. The number of amides is 1. The monoisotopic (exact) mass is 212 g/mol. The van der Waals surface area contributed by atoms with Gasteiger partial charge in [0.15, 0.2) is 0 Å². The van der Waals surface area contributed by atoms with Crippen molar-refractivity contribution in [2.24, 2.45) is 0 Å². The van der Waals surface area contributed by atoms with Gasteiger partial charge in [-0.3, -0.25) is 4.79 Å². The second kappa shape index (κ2) is 4.97. The van der Waals surface area contributed by atoms with Gasteiger partial charge in [-0.1, -0.05) is 6.92 Å². The fraction of sp³-hybridized carbons (Fsp3) is 0.917. The first-order valence-electron chi connectivity index (χ1n) is 5.97. The van der Waals surface area contributed by atoms with Crippen molar-refractivity contribution in [3.8, 4) is 0 Å². The maximum Gasteiger partial charge on any atom is 0.223 e. The number of carbonyl (C=O) groups excluding carboxylic acids is 1. The molecule has 0 saturated heterocycles. The summed E-state index contributed by atoms with van der Waals surface area (Å²) < 4.78 is 0. The van der Waals surface area contributed by atoms with Crippen LogP contribution in [-0.2, 0) is 4.79 Å². The van der Waals surface area contributed by atoms with Gasteiger partial charge in [0.1, 0.15) is 0 Å². The number of hydrogen-bond acceptors (Lipinski definition) is 2. The van der Waals surface area contributed by atoms with E-state index >= 15 is 0 Å². The zero-order valence-corrected chi connectivity index (χ0v) is 10.5. The van der Waals surface area contributed by atoms with Crippen molar-refractivity contribution >= 4 is 5.91 Å². The molecule has 0 aromatic heterocycles. The van der Waals surface area contributed by atoms with Gasteiger partial charge in [0, 0.05) is 32.1 Å². The Balaban J connectivity index is 2.35. The number of hydrogen-bond donors (Lipinski definition) is 1. The highest BCUT2D eigenvalue weighted by molar-refractivity contribution is 5.76. The maximum absolute atomic E-state index is 11.5. The van der Waals surface area contributed by atoms with Crippen molar-refractivity contribution in [3.63, 3.8) is 0 Å². The molecule has 1 atom stereocenters. The van der Waals surface area contributed by atoms with E-state index < -0.39 is 0 Å². The van der Waals surface area contributed by atoms with Crippen molar-refractivity contribution in [2.75, 3.05) is 14.1 Å². The average Bonchev–Trinajstić information content (AvgIpc) is 2.11. The number of nitrogens with one attached hydrogen (secondary N) is 1. The molecule has 1 N–H and O–H groups in total. The molecular weight excluding hydrogens is 188 g/mol. The van der Waals surface area contributed by atoms with Gasteiger partial charge in [-0.2, -0.15) is 0 Å². The molecule has 0 radical (unpaired) electrons. The van der Waals surface area contributed by atoms with Crippen molar-refractivity contribution in [1.82, 2.24) is 10.2 Å². The van der Waals surface area contributed by atoms with Gasteiger partial charge < -0.3 is 10.2 Å². The second-order valence-corrected chi connectivity index (χ2v) is 5.03. The Morgan fingerprint density at radius 1 is 1.47 bits per heavy atom. The van der Waals surface area contributed by atoms with E-state index in [1.165, 1.54) is 25.7 Å². The Kier molecular flexibility index (Phi) is 4.14. The third-order valence-electron chi connectivity index (χ3n) is 3.52. The van der Waals surface area contributed by atoms with Crippen molar-refractivity contribution in [3.05, 3.63) is 0 Å². The first-order chi connectivity index (χ1) is 6.99. The first kappa shape index (κ1) is 12.5. The van der Waals surface area contributed by atoms with E-state index in [1.54, 1.807) is 4.90 Å². The molecule has 88 valence electrons. The highest BCUT2D eigenvalue weighted by Crippen LogP contribution is 2.35. The molecule has 3 heteroatoms. The summed E-state index contributed by atoms with van der Waals surface area (Å²) in [6.45, 7) is 4.34. The molecule has 1 aliphatic carbocycles. The van der Waals surface area contributed by atoms with Crippen LogP contribution in [0.4, 0.5) is 0 Å².